The van der Waals surface area contributed by atoms with Crippen molar-refractivity contribution in [2.45, 2.75) is 58.5 Å². The van der Waals surface area contributed by atoms with Gasteiger partial charge in [-0.2, -0.15) is 0 Å². The van der Waals surface area contributed by atoms with Gasteiger partial charge in [0.05, 0.1) is 12.2 Å². The molecule has 2 N–H and O–H groups in total. The first-order valence-corrected chi connectivity index (χ1v) is 9.49. The molecular weight excluding hydrogens is 425 g/mol. The number of hydrogen-bond acceptors (Lipinski definition) is 3. The summed E-state index contributed by atoms with van der Waals surface area (Å²) in [6.45, 7) is 9.30. The summed E-state index contributed by atoms with van der Waals surface area (Å²) >= 11 is 0. The largest absolute Gasteiger partial charge is 0.357 e. The molecule has 0 radical (unpaired) electrons. The highest BCUT2D eigenvalue weighted by atomic mass is 127. The summed E-state index contributed by atoms with van der Waals surface area (Å²) in [5.74, 6) is 0.893. The molecule has 1 atom stereocenters. The molecule has 0 saturated carbocycles. The van der Waals surface area contributed by atoms with E-state index in [0.717, 1.165) is 24.7 Å². The Bertz CT molecular complexity index is 480. The third-order valence-electron chi connectivity index (χ3n) is 4.52. The monoisotopic (exact) mass is 459 g/mol. The quantitative estimate of drug-likeness (QED) is 0.356. The average molecular weight is 459 g/mol. The van der Waals surface area contributed by atoms with Crippen molar-refractivity contribution in [2.24, 2.45) is 4.99 Å². The molecule has 1 fully saturated rings. The number of aliphatic imine (C=N–C) groups is 1. The maximum Gasteiger partial charge on any atom is 0.191 e. The second-order valence-electron chi connectivity index (χ2n) is 6.44. The predicted octanol–water partition coefficient (Wildman–Crippen LogP) is 3.41. The molecule has 0 aliphatic carbocycles. The summed E-state index contributed by atoms with van der Waals surface area (Å²) in [6, 6.07) is 6.58. The molecule has 2 heterocycles. The van der Waals surface area contributed by atoms with Crippen LogP contribution in [0.4, 0.5) is 0 Å². The Morgan fingerprint density at radius 2 is 2.16 bits per heavy atom. The lowest BCUT2D eigenvalue weighted by molar-refractivity contribution is 0.147. The van der Waals surface area contributed by atoms with Crippen molar-refractivity contribution in [3.63, 3.8) is 0 Å². The van der Waals surface area contributed by atoms with Crippen molar-refractivity contribution >= 4 is 29.9 Å². The van der Waals surface area contributed by atoms with Crippen molar-refractivity contribution in [3.8, 4) is 0 Å². The summed E-state index contributed by atoms with van der Waals surface area (Å²) in [5, 5.41) is 6.88. The van der Waals surface area contributed by atoms with Crippen LogP contribution < -0.4 is 10.6 Å². The number of aromatic nitrogens is 1. The van der Waals surface area contributed by atoms with Gasteiger partial charge >= 0.3 is 0 Å². The summed E-state index contributed by atoms with van der Waals surface area (Å²) in [6.07, 6.45) is 8.36. The molecule has 1 aromatic rings. The van der Waals surface area contributed by atoms with Gasteiger partial charge in [0.25, 0.3) is 0 Å². The van der Waals surface area contributed by atoms with Crippen LogP contribution in [0.15, 0.2) is 29.4 Å². The van der Waals surface area contributed by atoms with E-state index in [-0.39, 0.29) is 24.0 Å². The lowest BCUT2D eigenvalue weighted by Gasteiger charge is -2.36. The van der Waals surface area contributed by atoms with Gasteiger partial charge in [-0.05, 0) is 51.4 Å². The molecular formula is C19H34IN5. The molecule has 5 nitrogen and oxygen atoms in total. The van der Waals surface area contributed by atoms with Gasteiger partial charge in [0.15, 0.2) is 5.96 Å². The first-order chi connectivity index (χ1) is 11.8. The van der Waals surface area contributed by atoms with Crippen molar-refractivity contribution in [3.05, 3.63) is 30.1 Å². The molecule has 0 spiro atoms. The van der Waals surface area contributed by atoms with Gasteiger partial charge in [0.2, 0.25) is 0 Å². The minimum absolute atomic E-state index is 0. The molecule has 1 aromatic heterocycles. The van der Waals surface area contributed by atoms with Crippen LogP contribution in [-0.4, -0.2) is 48.1 Å². The Morgan fingerprint density at radius 1 is 1.28 bits per heavy atom. The number of nitrogens with zero attached hydrogens (tertiary/aromatic N) is 3. The maximum absolute atomic E-state index is 4.67. The number of likely N-dealkylation sites (tertiary alicyclic amines) is 1. The molecule has 2 rings (SSSR count). The zero-order valence-corrected chi connectivity index (χ0v) is 18.0. The van der Waals surface area contributed by atoms with Crippen LogP contribution in [0.3, 0.4) is 0 Å². The molecule has 6 heteroatoms. The summed E-state index contributed by atoms with van der Waals surface area (Å²) in [4.78, 5) is 11.7. The topological polar surface area (TPSA) is 52.5 Å². The maximum atomic E-state index is 4.67. The van der Waals surface area contributed by atoms with Gasteiger partial charge in [0, 0.05) is 25.3 Å². The number of rotatable bonds is 8. The lowest BCUT2D eigenvalue weighted by atomic mass is 10.0. The van der Waals surface area contributed by atoms with Crippen LogP contribution in [0, 0.1) is 0 Å². The first-order valence-electron chi connectivity index (χ1n) is 9.49. The van der Waals surface area contributed by atoms with Crippen LogP contribution in [0.2, 0.25) is 0 Å². The number of piperidine rings is 1. The second-order valence-corrected chi connectivity index (χ2v) is 6.44. The van der Waals surface area contributed by atoms with E-state index >= 15 is 0 Å². The van der Waals surface area contributed by atoms with Gasteiger partial charge in [-0.3, -0.25) is 9.88 Å². The number of halogens is 1. The van der Waals surface area contributed by atoms with Crippen LogP contribution in [0.1, 0.15) is 51.6 Å². The first kappa shape index (κ1) is 22.2. The second kappa shape index (κ2) is 13.3. The number of nitrogens with one attached hydrogen (secondary N) is 2. The smallest absolute Gasteiger partial charge is 0.191 e. The van der Waals surface area contributed by atoms with Crippen LogP contribution >= 0.6 is 24.0 Å². The number of pyridine rings is 1. The average Bonchev–Trinajstić information content (AvgIpc) is 2.64. The highest BCUT2D eigenvalue weighted by Gasteiger charge is 2.21. The SMILES string of the molecule is CCCCN1CCCCC1CNC(=NCc1ccccn1)NCC.I. The van der Waals surface area contributed by atoms with E-state index in [0.29, 0.717) is 12.6 Å². The highest BCUT2D eigenvalue weighted by Crippen LogP contribution is 2.17. The normalized spacial score (nSPS) is 18.5. The Labute approximate surface area is 170 Å². The zero-order valence-electron chi connectivity index (χ0n) is 15.7. The highest BCUT2D eigenvalue weighted by molar-refractivity contribution is 14.0. The minimum atomic E-state index is 0. The van der Waals surface area contributed by atoms with Gasteiger partial charge in [-0.1, -0.05) is 25.8 Å². The molecule has 1 saturated heterocycles. The molecule has 0 amide bonds. The van der Waals surface area contributed by atoms with E-state index < -0.39 is 0 Å². The Kier molecular flexibility index (Phi) is 11.8. The fourth-order valence-corrected chi connectivity index (χ4v) is 3.15. The third kappa shape index (κ3) is 8.35. The standard InChI is InChI=1S/C19H33N5.HI/c1-3-5-13-24-14-9-7-11-18(24)16-23-19(20-4-2)22-15-17-10-6-8-12-21-17;/h6,8,10,12,18H,3-5,7,9,11,13-16H2,1-2H3,(H2,20,22,23);1H. The molecule has 1 aliphatic rings. The Morgan fingerprint density at radius 3 is 2.88 bits per heavy atom. The molecule has 1 aliphatic heterocycles. The van der Waals surface area contributed by atoms with Gasteiger partial charge in [0.1, 0.15) is 0 Å². The predicted molar refractivity (Wildman–Crippen MR) is 117 cm³/mol. The van der Waals surface area contributed by atoms with Gasteiger partial charge < -0.3 is 10.6 Å². The van der Waals surface area contributed by atoms with E-state index in [2.05, 4.69) is 39.4 Å². The van der Waals surface area contributed by atoms with Crippen molar-refractivity contribution in [1.29, 1.82) is 0 Å². The van der Waals surface area contributed by atoms with Crippen molar-refractivity contribution in [1.82, 2.24) is 20.5 Å². The van der Waals surface area contributed by atoms with Crippen molar-refractivity contribution in [2.75, 3.05) is 26.2 Å². The Hall–Kier alpha value is -0.890. The van der Waals surface area contributed by atoms with E-state index in [1.54, 1.807) is 0 Å². The summed E-state index contributed by atoms with van der Waals surface area (Å²) in [7, 11) is 0. The minimum Gasteiger partial charge on any atom is -0.357 e. The van der Waals surface area contributed by atoms with Crippen LogP contribution in [-0.2, 0) is 6.54 Å². The summed E-state index contributed by atoms with van der Waals surface area (Å²) < 4.78 is 0. The van der Waals surface area contributed by atoms with Gasteiger partial charge in [-0.15, -0.1) is 24.0 Å². The van der Waals surface area contributed by atoms with Crippen LogP contribution in [0.5, 0.6) is 0 Å². The Balaban J connectivity index is 0.00000312. The van der Waals surface area contributed by atoms with E-state index in [4.69, 9.17) is 0 Å². The van der Waals surface area contributed by atoms with Crippen molar-refractivity contribution < 1.29 is 0 Å². The fraction of sp³-hybridized carbons (Fsp3) is 0.684. The number of unbranched alkanes of at least 4 members (excludes halogenated alkanes) is 1. The molecule has 25 heavy (non-hydrogen) atoms. The number of guanidine groups is 1. The van der Waals surface area contributed by atoms with E-state index in [1.165, 1.54) is 45.2 Å². The van der Waals surface area contributed by atoms with E-state index in [1.807, 2.05) is 24.4 Å². The molecule has 1 unspecified atom stereocenters. The zero-order chi connectivity index (χ0) is 17.0. The molecule has 142 valence electrons. The molecule has 0 aromatic carbocycles. The molecule has 0 bridgehead atoms. The number of hydrogen-bond donors (Lipinski definition) is 2. The van der Waals surface area contributed by atoms with Gasteiger partial charge in [-0.25, -0.2) is 4.99 Å². The summed E-state index contributed by atoms with van der Waals surface area (Å²) in [5.41, 5.74) is 0.997. The third-order valence-corrected chi connectivity index (χ3v) is 4.52. The van der Waals surface area contributed by atoms with E-state index in [9.17, 15) is 0 Å². The van der Waals surface area contributed by atoms with Crippen LogP contribution in [0.25, 0.3) is 0 Å². The lowest BCUT2D eigenvalue weighted by Crippen LogP contribution is -2.49. The fourth-order valence-electron chi connectivity index (χ4n) is 3.15.